The number of carbonyl (C=O) groups excluding carboxylic acids is 1. The highest BCUT2D eigenvalue weighted by atomic mass is 35.5. The van der Waals surface area contributed by atoms with Crippen LogP contribution in [0.25, 0.3) is 0 Å². The fourth-order valence-corrected chi connectivity index (χ4v) is 2.71. The van der Waals surface area contributed by atoms with Crippen LogP contribution in [0.3, 0.4) is 0 Å². The van der Waals surface area contributed by atoms with Gasteiger partial charge in [-0.15, -0.1) is 12.4 Å². The molecule has 1 amide bonds. The fraction of sp³-hybridized carbons (Fsp3) is 0.294. The van der Waals surface area contributed by atoms with Gasteiger partial charge in [0.25, 0.3) is 5.91 Å². The zero-order valence-electron chi connectivity index (χ0n) is 11.8. The molecule has 0 saturated heterocycles. The molecule has 0 radical (unpaired) electrons. The summed E-state index contributed by atoms with van der Waals surface area (Å²) >= 11 is 0. The molecule has 21 heavy (non-hydrogen) atoms. The number of aryl methyl sites for hydroxylation is 2. The number of halogens is 1. The van der Waals surface area contributed by atoms with Crippen LogP contribution in [0.4, 0.5) is 0 Å². The van der Waals surface area contributed by atoms with Crippen molar-refractivity contribution >= 4 is 18.3 Å². The van der Waals surface area contributed by atoms with Crippen molar-refractivity contribution < 1.29 is 4.79 Å². The molecule has 0 atom stereocenters. The maximum Gasteiger partial charge on any atom is 0.251 e. The van der Waals surface area contributed by atoms with Crippen molar-refractivity contribution in [2.24, 2.45) is 0 Å². The van der Waals surface area contributed by atoms with Crippen LogP contribution in [0.1, 0.15) is 33.5 Å². The van der Waals surface area contributed by atoms with Crippen LogP contribution in [-0.4, -0.2) is 17.4 Å². The summed E-state index contributed by atoms with van der Waals surface area (Å²) in [4.78, 5) is 15.8. The first-order chi connectivity index (χ1) is 9.83. The van der Waals surface area contributed by atoms with E-state index in [-0.39, 0.29) is 18.3 Å². The summed E-state index contributed by atoms with van der Waals surface area (Å²) in [6, 6.07) is 10.2. The smallest absolute Gasteiger partial charge is 0.251 e. The summed E-state index contributed by atoms with van der Waals surface area (Å²) in [5, 5.41) is 2.95. The van der Waals surface area contributed by atoms with Crippen LogP contribution in [0.15, 0.2) is 42.7 Å². The molecule has 1 aromatic carbocycles. The fourth-order valence-electron chi connectivity index (χ4n) is 2.71. The summed E-state index contributed by atoms with van der Waals surface area (Å²) in [5.74, 6) is -0.0337. The summed E-state index contributed by atoms with van der Waals surface area (Å²) in [5.41, 5.74) is 4.95. The van der Waals surface area contributed by atoms with Gasteiger partial charge in [0, 0.05) is 24.5 Å². The normalized spacial score (nSPS) is 12.4. The van der Waals surface area contributed by atoms with E-state index in [9.17, 15) is 4.79 Å². The Labute approximate surface area is 131 Å². The Morgan fingerprint density at radius 1 is 1.10 bits per heavy atom. The molecule has 0 fully saturated rings. The third-order valence-electron chi connectivity index (χ3n) is 3.80. The molecule has 0 aliphatic heterocycles. The molecule has 0 saturated carbocycles. The molecule has 3 nitrogen and oxygen atoms in total. The third kappa shape index (κ3) is 3.82. The number of fused-ring (bicyclic) bond motifs is 1. The predicted molar refractivity (Wildman–Crippen MR) is 86.0 cm³/mol. The zero-order valence-corrected chi connectivity index (χ0v) is 12.7. The monoisotopic (exact) mass is 302 g/mol. The quantitative estimate of drug-likeness (QED) is 0.943. The molecule has 0 spiro atoms. The summed E-state index contributed by atoms with van der Waals surface area (Å²) in [6.07, 6.45) is 7.84. The van der Waals surface area contributed by atoms with E-state index in [4.69, 9.17) is 0 Å². The highest BCUT2D eigenvalue weighted by Crippen LogP contribution is 2.22. The van der Waals surface area contributed by atoms with E-state index in [1.807, 2.05) is 0 Å². The second-order valence-electron chi connectivity index (χ2n) is 5.20. The van der Waals surface area contributed by atoms with Crippen LogP contribution < -0.4 is 5.32 Å². The number of amides is 1. The van der Waals surface area contributed by atoms with Gasteiger partial charge in [-0.25, -0.2) is 0 Å². The molecular weight excluding hydrogens is 284 g/mol. The predicted octanol–water partition coefficient (Wildman–Crippen LogP) is 2.96. The lowest BCUT2D eigenvalue weighted by Crippen LogP contribution is -2.25. The van der Waals surface area contributed by atoms with Gasteiger partial charge in [-0.05, 0) is 54.5 Å². The first kappa shape index (κ1) is 15.5. The van der Waals surface area contributed by atoms with Gasteiger partial charge in [-0.3, -0.25) is 9.78 Å². The first-order valence-electron chi connectivity index (χ1n) is 7.12. The van der Waals surface area contributed by atoms with E-state index in [2.05, 4.69) is 28.5 Å². The number of rotatable bonds is 4. The molecule has 1 aliphatic carbocycles. The van der Waals surface area contributed by atoms with E-state index in [0.29, 0.717) is 12.1 Å². The molecular formula is C17H19ClN2O. The van der Waals surface area contributed by atoms with Crippen LogP contribution >= 0.6 is 12.4 Å². The lowest BCUT2D eigenvalue weighted by molar-refractivity contribution is 0.0954. The Hall–Kier alpha value is -1.87. The topological polar surface area (TPSA) is 42.0 Å². The number of hydrogen-bond donors (Lipinski definition) is 1. The van der Waals surface area contributed by atoms with E-state index >= 15 is 0 Å². The molecule has 110 valence electrons. The lowest BCUT2D eigenvalue weighted by atomic mass is 10.0. The Morgan fingerprint density at radius 3 is 2.67 bits per heavy atom. The Balaban J connectivity index is 0.00000161. The van der Waals surface area contributed by atoms with E-state index < -0.39 is 0 Å². The minimum Gasteiger partial charge on any atom is -0.352 e. The number of aromatic nitrogens is 1. The molecule has 1 aromatic heterocycles. The molecule has 3 rings (SSSR count). The minimum atomic E-state index is -0.0337. The molecule has 0 unspecified atom stereocenters. The molecule has 2 aromatic rings. The highest BCUT2D eigenvalue weighted by Gasteiger charge is 2.10. The van der Waals surface area contributed by atoms with Crippen LogP contribution in [0, 0.1) is 0 Å². The van der Waals surface area contributed by atoms with Crippen molar-refractivity contribution in [1.29, 1.82) is 0 Å². The SMILES string of the molecule is Cl.O=C(NCCc1ccc2c(c1)CCC2)c1ccncc1. The van der Waals surface area contributed by atoms with E-state index in [1.54, 1.807) is 24.5 Å². The average molecular weight is 303 g/mol. The second kappa shape index (κ2) is 7.23. The maximum atomic E-state index is 11.9. The van der Waals surface area contributed by atoms with Crippen molar-refractivity contribution in [2.45, 2.75) is 25.7 Å². The third-order valence-corrected chi connectivity index (χ3v) is 3.80. The van der Waals surface area contributed by atoms with Crippen molar-refractivity contribution in [3.8, 4) is 0 Å². The minimum absolute atomic E-state index is 0. The van der Waals surface area contributed by atoms with Crippen molar-refractivity contribution in [1.82, 2.24) is 10.3 Å². The number of benzene rings is 1. The van der Waals surface area contributed by atoms with Crippen molar-refractivity contribution in [3.05, 3.63) is 65.0 Å². The van der Waals surface area contributed by atoms with Gasteiger partial charge >= 0.3 is 0 Å². The van der Waals surface area contributed by atoms with Crippen LogP contribution in [0.2, 0.25) is 0 Å². The average Bonchev–Trinajstić information content (AvgIpc) is 2.95. The number of nitrogens with zero attached hydrogens (tertiary/aromatic N) is 1. The number of hydrogen-bond acceptors (Lipinski definition) is 2. The van der Waals surface area contributed by atoms with E-state index in [0.717, 1.165) is 6.42 Å². The molecule has 1 N–H and O–H groups in total. The van der Waals surface area contributed by atoms with Gasteiger partial charge < -0.3 is 5.32 Å². The molecule has 0 bridgehead atoms. The zero-order chi connectivity index (χ0) is 13.8. The number of carbonyl (C=O) groups is 1. The van der Waals surface area contributed by atoms with Gasteiger partial charge in [-0.1, -0.05) is 18.2 Å². The van der Waals surface area contributed by atoms with Gasteiger partial charge in [-0.2, -0.15) is 0 Å². The Bertz CT molecular complexity index is 613. The number of pyridine rings is 1. The standard InChI is InChI=1S/C17H18N2O.ClH/c20-17(15-7-9-18-10-8-15)19-11-6-13-4-5-14-2-1-3-16(14)12-13;/h4-5,7-10,12H,1-3,6,11H2,(H,19,20);1H. The van der Waals surface area contributed by atoms with E-state index in [1.165, 1.54) is 36.0 Å². The highest BCUT2D eigenvalue weighted by molar-refractivity contribution is 5.93. The summed E-state index contributed by atoms with van der Waals surface area (Å²) in [6.45, 7) is 0.667. The maximum absolute atomic E-state index is 11.9. The number of nitrogens with one attached hydrogen (secondary N) is 1. The van der Waals surface area contributed by atoms with Crippen LogP contribution in [0.5, 0.6) is 0 Å². The molecule has 1 heterocycles. The van der Waals surface area contributed by atoms with Crippen LogP contribution in [-0.2, 0) is 19.3 Å². The largest absolute Gasteiger partial charge is 0.352 e. The molecule has 4 heteroatoms. The first-order valence-corrected chi connectivity index (χ1v) is 7.12. The Kier molecular flexibility index (Phi) is 5.34. The van der Waals surface area contributed by atoms with Crippen molar-refractivity contribution in [3.63, 3.8) is 0 Å². The van der Waals surface area contributed by atoms with Gasteiger partial charge in [0.1, 0.15) is 0 Å². The van der Waals surface area contributed by atoms with Gasteiger partial charge in [0.15, 0.2) is 0 Å². The van der Waals surface area contributed by atoms with Gasteiger partial charge in [0.2, 0.25) is 0 Å². The molecule has 1 aliphatic rings. The summed E-state index contributed by atoms with van der Waals surface area (Å²) < 4.78 is 0. The van der Waals surface area contributed by atoms with Gasteiger partial charge in [0.05, 0.1) is 0 Å². The second-order valence-corrected chi connectivity index (χ2v) is 5.20. The Morgan fingerprint density at radius 2 is 1.86 bits per heavy atom. The summed E-state index contributed by atoms with van der Waals surface area (Å²) in [7, 11) is 0. The lowest BCUT2D eigenvalue weighted by Gasteiger charge is -2.07. The van der Waals surface area contributed by atoms with Crippen molar-refractivity contribution in [2.75, 3.05) is 6.54 Å².